The molecule has 0 aliphatic carbocycles. The molecular formula is C18H19NO3S. The second-order valence-electron chi connectivity index (χ2n) is 5.84. The molecule has 1 aliphatic heterocycles. The highest BCUT2D eigenvalue weighted by molar-refractivity contribution is 7.91. The van der Waals surface area contributed by atoms with Crippen molar-refractivity contribution in [2.75, 3.05) is 11.5 Å². The number of rotatable bonds is 3. The van der Waals surface area contributed by atoms with E-state index < -0.39 is 9.84 Å². The molecule has 4 nitrogen and oxygen atoms in total. The lowest BCUT2D eigenvalue weighted by Gasteiger charge is -2.22. The SMILES string of the molecule is O=C(C=Cc1cccc2ccccc12)NC1CCS(=O)(=O)CC1. The van der Waals surface area contributed by atoms with E-state index in [-0.39, 0.29) is 23.5 Å². The first-order valence-corrected chi connectivity index (χ1v) is 9.52. The Morgan fingerprint density at radius 1 is 1.04 bits per heavy atom. The fraction of sp³-hybridized carbons (Fsp3) is 0.278. The maximum atomic E-state index is 12.0. The molecule has 0 atom stereocenters. The molecule has 0 unspecified atom stereocenters. The summed E-state index contributed by atoms with van der Waals surface area (Å²) in [5, 5.41) is 5.12. The number of nitrogens with one attached hydrogen (secondary N) is 1. The smallest absolute Gasteiger partial charge is 0.244 e. The van der Waals surface area contributed by atoms with Gasteiger partial charge in [-0.15, -0.1) is 0 Å². The molecule has 1 N–H and O–H groups in total. The Bertz CT molecular complexity index is 836. The number of hydrogen-bond acceptors (Lipinski definition) is 3. The molecule has 1 amide bonds. The number of amides is 1. The van der Waals surface area contributed by atoms with Gasteiger partial charge in [-0.1, -0.05) is 42.5 Å². The minimum Gasteiger partial charge on any atom is -0.350 e. The van der Waals surface area contributed by atoms with Gasteiger partial charge in [0.1, 0.15) is 9.84 Å². The minimum atomic E-state index is -2.90. The van der Waals surface area contributed by atoms with Crippen LogP contribution in [0.5, 0.6) is 0 Å². The maximum Gasteiger partial charge on any atom is 0.244 e. The average molecular weight is 329 g/mol. The molecule has 120 valence electrons. The number of carbonyl (C=O) groups excluding carboxylic acids is 1. The molecule has 2 aromatic carbocycles. The van der Waals surface area contributed by atoms with Crippen molar-refractivity contribution in [1.82, 2.24) is 5.32 Å². The molecule has 23 heavy (non-hydrogen) atoms. The fourth-order valence-electron chi connectivity index (χ4n) is 2.84. The summed E-state index contributed by atoms with van der Waals surface area (Å²) in [7, 11) is -2.90. The number of fused-ring (bicyclic) bond motifs is 1. The second kappa shape index (κ2) is 6.54. The van der Waals surface area contributed by atoms with E-state index in [4.69, 9.17) is 0 Å². The van der Waals surface area contributed by atoms with Crippen molar-refractivity contribution < 1.29 is 13.2 Å². The van der Waals surface area contributed by atoms with Crippen molar-refractivity contribution >= 4 is 32.6 Å². The van der Waals surface area contributed by atoms with E-state index >= 15 is 0 Å². The highest BCUT2D eigenvalue weighted by Crippen LogP contribution is 2.19. The number of hydrogen-bond donors (Lipinski definition) is 1. The van der Waals surface area contributed by atoms with E-state index in [2.05, 4.69) is 5.32 Å². The Hall–Kier alpha value is -2.14. The molecule has 0 bridgehead atoms. The zero-order valence-corrected chi connectivity index (χ0v) is 13.6. The molecule has 0 aromatic heterocycles. The summed E-state index contributed by atoms with van der Waals surface area (Å²) in [5.41, 5.74) is 0.990. The van der Waals surface area contributed by atoms with Gasteiger partial charge >= 0.3 is 0 Å². The van der Waals surface area contributed by atoms with Crippen molar-refractivity contribution in [3.63, 3.8) is 0 Å². The topological polar surface area (TPSA) is 63.2 Å². The number of sulfone groups is 1. The Morgan fingerprint density at radius 2 is 1.74 bits per heavy atom. The quantitative estimate of drug-likeness (QED) is 0.880. The van der Waals surface area contributed by atoms with Crippen LogP contribution in [-0.2, 0) is 14.6 Å². The van der Waals surface area contributed by atoms with Crippen molar-refractivity contribution in [3.8, 4) is 0 Å². The normalized spacial score (nSPS) is 18.3. The molecule has 0 spiro atoms. The zero-order chi connectivity index (χ0) is 16.3. The van der Waals surface area contributed by atoms with Gasteiger partial charge < -0.3 is 5.32 Å². The number of carbonyl (C=O) groups is 1. The Morgan fingerprint density at radius 3 is 2.52 bits per heavy atom. The van der Waals surface area contributed by atoms with Crippen LogP contribution in [0.2, 0.25) is 0 Å². The van der Waals surface area contributed by atoms with Crippen molar-refractivity contribution in [1.29, 1.82) is 0 Å². The van der Waals surface area contributed by atoms with Crippen LogP contribution in [0.1, 0.15) is 18.4 Å². The molecule has 2 aromatic rings. The van der Waals surface area contributed by atoms with E-state index in [0.29, 0.717) is 12.8 Å². The van der Waals surface area contributed by atoms with Crippen molar-refractivity contribution in [2.24, 2.45) is 0 Å². The summed E-state index contributed by atoms with van der Waals surface area (Å²) in [5.74, 6) is 0.137. The predicted octanol–water partition coefficient (Wildman–Crippen LogP) is 2.55. The highest BCUT2D eigenvalue weighted by Gasteiger charge is 2.23. The molecule has 1 heterocycles. The van der Waals surface area contributed by atoms with Gasteiger partial charge in [-0.05, 0) is 35.3 Å². The lowest BCUT2D eigenvalue weighted by molar-refractivity contribution is -0.117. The molecular weight excluding hydrogens is 310 g/mol. The van der Waals surface area contributed by atoms with Gasteiger partial charge in [0.05, 0.1) is 11.5 Å². The predicted molar refractivity (Wildman–Crippen MR) is 92.8 cm³/mol. The monoisotopic (exact) mass is 329 g/mol. The third kappa shape index (κ3) is 3.99. The summed E-state index contributed by atoms with van der Waals surface area (Å²) in [6.45, 7) is 0. The van der Waals surface area contributed by atoms with E-state index in [0.717, 1.165) is 16.3 Å². The molecule has 1 saturated heterocycles. The first-order chi connectivity index (χ1) is 11.0. The van der Waals surface area contributed by atoms with Gasteiger partial charge in [-0.25, -0.2) is 8.42 Å². The third-order valence-corrected chi connectivity index (χ3v) is 5.85. The van der Waals surface area contributed by atoms with Gasteiger partial charge in [-0.2, -0.15) is 0 Å². The standard InChI is InChI=1S/C18H19NO3S/c20-18(19-16-10-12-23(21,22)13-11-16)9-8-15-6-3-5-14-4-1-2-7-17(14)15/h1-9,16H,10-13H2,(H,19,20). The largest absolute Gasteiger partial charge is 0.350 e. The van der Waals surface area contributed by atoms with Gasteiger partial charge in [0.2, 0.25) is 5.91 Å². The van der Waals surface area contributed by atoms with Crippen LogP contribution >= 0.6 is 0 Å². The Labute approximate surface area is 136 Å². The molecule has 3 rings (SSSR count). The molecule has 1 fully saturated rings. The van der Waals surface area contributed by atoms with Crippen LogP contribution in [0, 0.1) is 0 Å². The second-order valence-corrected chi connectivity index (χ2v) is 8.14. The lowest BCUT2D eigenvalue weighted by Crippen LogP contribution is -2.40. The summed E-state index contributed by atoms with van der Waals surface area (Å²) in [4.78, 5) is 12.0. The van der Waals surface area contributed by atoms with Crippen LogP contribution in [0.15, 0.2) is 48.5 Å². The Kier molecular flexibility index (Phi) is 4.48. The van der Waals surface area contributed by atoms with Crippen LogP contribution in [0.4, 0.5) is 0 Å². The molecule has 1 aliphatic rings. The summed E-state index contributed by atoms with van der Waals surface area (Å²) < 4.78 is 22.8. The molecule has 0 radical (unpaired) electrons. The Balaban J connectivity index is 1.66. The maximum absolute atomic E-state index is 12.0. The van der Waals surface area contributed by atoms with E-state index in [1.165, 1.54) is 6.08 Å². The van der Waals surface area contributed by atoms with Crippen LogP contribution < -0.4 is 5.32 Å². The minimum absolute atomic E-state index is 0.0526. The summed E-state index contributed by atoms with van der Waals surface area (Å²) in [6.07, 6.45) is 4.31. The van der Waals surface area contributed by atoms with Crippen molar-refractivity contribution in [3.05, 3.63) is 54.1 Å². The van der Waals surface area contributed by atoms with Crippen molar-refractivity contribution in [2.45, 2.75) is 18.9 Å². The average Bonchev–Trinajstić information content (AvgIpc) is 2.55. The van der Waals surface area contributed by atoms with Gasteiger partial charge in [0, 0.05) is 12.1 Å². The van der Waals surface area contributed by atoms with E-state index in [1.807, 2.05) is 42.5 Å². The van der Waals surface area contributed by atoms with Gasteiger partial charge in [0.15, 0.2) is 0 Å². The van der Waals surface area contributed by atoms with Crippen LogP contribution in [0.3, 0.4) is 0 Å². The molecule has 5 heteroatoms. The van der Waals surface area contributed by atoms with Gasteiger partial charge in [-0.3, -0.25) is 4.79 Å². The third-order valence-electron chi connectivity index (χ3n) is 4.14. The molecule has 0 saturated carbocycles. The summed E-state index contributed by atoms with van der Waals surface area (Å²) >= 11 is 0. The van der Waals surface area contributed by atoms with E-state index in [1.54, 1.807) is 6.08 Å². The first kappa shape index (κ1) is 15.7. The van der Waals surface area contributed by atoms with E-state index in [9.17, 15) is 13.2 Å². The van der Waals surface area contributed by atoms with Crippen LogP contribution in [0.25, 0.3) is 16.8 Å². The van der Waals surface area contributed by atoms with Gasteiger partial charge in [0.25, 0.3) is 0 Å². The summed E-state index contributed by atoms with van der Waals surface area (Å²) in [6, 6.07) is 13.9. The zero-order valence-electron chi connectivity index (χ0n) is 12.7. The van der Waals surface area contributed by atoms with Crippen LogP contribution in [-0.4, -0.2) is 31.9 Å². The lowest BCUT2D eigenvalue weighted by atomic mass is 10.0. The fourth-order valence-corrected chi connectivity index (χ4v) is 4.34. The number of benzene rings is 2. The highest BCUT2D eigenvalue weighted by atomic mass is 32.2. The first-order valence-electron chi connectivity index (χ1n) is 7.70.